The molecule has 0 rings (SSSR count). The monoisotopic (exact) mass is 415 g/mol. The SMILES string of the molecule is CCCCCCCC.F[B-](F)(F)F.F[B-](F)(F)F.F[B-](F)(F)F.[KH]. The molecule has 0 heterocycles. The number of hydrogen-bond donors (Lipinski definition) is 0. The Balaban J connectivity index is -0.0000000677. The Hall–Kier alpha value is 0.991. The molecule has 0 saturated heterocycles. The quantitative estimate of drug-likeness (QED) is 0.269. The fraction of sp³-hybridized carbons (Fsp3) is 1.00. The molecule has 0 aromatic carbocycles. The fourth-order valence-electron chi connectivity index (χ4n) is 0.854. The van der Waals surface area contributed by atoms with E-state index in [1.54, 1.807) is 0 Å². The molecule has 16 heteroatoms. The van der Waals surface area contributed by atoms with Gasteiger partial charge in [0.05, 0.1) is 0 Å². The van der Waals surface area contributed by atoms with Crippen LogP contribution in [0.15, 0.2) is 0 Å². The van der Waals surface area contributed by atoms with Crippen molar-refractivity contribution in [1.82, 2.24) is 0 Å². The molecule has 0 saturated carbocycles. The van der Waals surface area contributed by atoms with Gasteiger partial charge in [-0.2, -0.15) is 0 Å². The van der Waals surface area contributed by atoms with Gasteiger partial charge in [-0.1, -0.05) is 52.4 Å². The second-order valence-electron chi connectivity index (χ2n) is 3.90. The minimum atomic E-state index is -6.00. The summed E-state index contributed by atoms with van der Waals surface area (Å²) < 4.78 is 117. The molecule has 0 aromatic heterocycles. The molecule has 0 unspecified atom stereocenters. The first-order valence-corrected chi connectivity index (χ1v) is 6.53. The van der Waals surface area contributed by atoms with Crippen LogP contribution in [0.3, 0.4) is 0 Å². The first-order valence-electron chi connectivity index (χ1n) is 6.53. The summed E-state index contributed by atoms with van der Waals surface area (Å²) in [6.07, 6.45) is 8.49. The van der Waals surface area contributed by atoms with Gasteiger partial charge in [0, 0.05) is 0 Å². The van der Waals surface area contributed by atoms with E-state index in [0.717, 1.165) is 0 Å². The van der Waals surface area contributed by atoms with E-state index in [9.17, 15) is 51.8 Å². The predicted octanol–water partition coefficient (Wildman–Crippen LogP) is 6.62. The van der Waals surface area contributed by atoms with E-state index in [1.807, 2.05) is 0 Å². The third-order valence-electron chi connectivity index (χ3n) is 1.46. The van der Waals surface area contributed by atoms with Crippen molar-refractivity contribution >= 4 is 73.1 Å². The number of unbranched alkanes of at least 4 members (excludes halogenated alkanes) is 5. The van der Waals surface area contributed by atoms with Crippen molar-refractivity contribution in [2.45, 2.75) is 52.4 Å². The topological polar surface area (TPSA) is 0 Å². The molecule has 0 bridgehead atoms. The second kappa shape index (κ2) is 20.3. The van der Waals surface area contributed by atoms with Gasteiger partial charge in [-0.3, -0.25) is 0 Å². The Morgan fingerprint density at radius 1 is 0.417 bits per heavy atom. The standard InChI is InChI=1S/C8H18.3BF4.K.H/c1-3-5-7-8-6-4-2;3*2-1(3,4)5;;/h3-8H2,1-2H3;;;;;/q;3*-1;;. The van der Waals surface area contributed by atoms with Crippen molar-refractivity contribution in [3.05, 3.63) is 0 Å². The molecule has 0 radical (unpaired) electrons. The molecular weight excluding hydrogens is 396 g/mol. The Labute approximate surface area is 176 Å². The molecule has 0 aliphatic rings. The summed E-state index contributed by atoms with van der Waals surface area (Å²) in [7, 11) is -18.0. The average molecular weight is 415 g/mol. The summed E-state index contributed by atoms with van der Waals surface area (Å²) >= 11 is 0. The van der Waals surface area contributed by atoms with Crippen LogP contribution in [0.2, 0.25) is 0 Å². The van der Waals surface area contributed by atoms with Gasteiger partial charge in [0.15, 0.2) is 0 Å². The summed E-state index contributed by atoms with van der Waals surface area (Å²) in [5.41, 5.74) is 0. The van der Waals surface area contributed by atoms with Crippen LogP contribution in [-0.4, -0.2) is 73.1 Å². The molecule has 0 nitrogen and oxygen atoms in total. The van der Waals surface area contributed by atoms with Crippen LogP contribution >= 0.6 is 0 Å². The molecule has 0 aliphatic carbocycles. The normalized spacial score (nSPS) is 10.8. The van der Waals surface area contributed by atoms with E-state index in [2.05, 4.69) is 13.8 Å². The average Bonchev–Trinajstić information content (AvgIpc) is 2.17. The maximum atomic E-state index is 9.75. The van der Waals surface area contributed by atoms with Gasteiger partial charge in [0.2, 0.25) is 0 Å². The molecule has 148 valence electrons. The van der Waals surface area contributed by atoms with E-state index in [1.165, 1.54) is 38.5 Å². The zero-order chi connectivity index (χ0) is 19.7. The second-order valence-corrected chi connectivity index (χ2v) is 3.90. The Kier molecular flexibility index (Phi) is 30.5. The molecule has 0 atom stereocenters. The molecule has 0 aromatic rings. The van der Waals surface area contributed by atoms with Gasteiger partial charge in [-0.25, -0.2) is 0 Å². The summed E-state index contributed by atoms with van der Waals surface area (Å²) in [5.74, 6) is 0. The van der Waals surface area contributed by atoms with Crippen molar-refractivity contribution in [1.29, 1.82) is 0 Å². The Morgan fingerprint density at radius 3 is 0.625 bits per heavy atom. The molecule has 0 spiro atoms. The van der Waals surface area contributed by atoms with E-state index in [-0.39, 0.29) is 51.4 Å². The molecule has 0 amide bonds. The van der Waals surface area contributed by atoms with E-state index >= 15 is 0 Å². The first-order chi connectivity index (χ1) is 9.91. The van der Waals surface area contributed by atoms with Crippen LogP contribution in [0.5, 0.6) is 0 Å². The summed E-state index contributed by atoms with van der Waals surface area (Å²) in [5, 5.41) is 0. The van der Waals surface area contributed by atoms with E-state index < -0.39 is 21.8 Å². The van der Waals surface area contributed by atoms with Crippen LogP contribution in [0, 0.1) is 0 Å². The van der Waals surface area contributed by atoms with Crippen molar-refractivity contribution in [3.63, 3.8) is 0 Å². The maximum absolute atomic E-state index is 9.75. The van der Waals surface area contributed by atoms with Crippen molar-refractivity contribution in [3.8, 4) is 0 Å². The zero-order valence-electron chi connectivity index (χ0n) is 12.5. The van der Waals surface area contributed by atoms with Crippen LogP contribution in [0.4, 0.5) is 51.8 Å². The van der Waals surface area contributed by atoms with Gasteiger partial charge in [0.1, 0.15) is 0 Å². The fourth-order valence-corrected chi connectivity index (χ4v) is 0.854. The van der Waals surface area contributed by atoms with Crippen molar-refractivity contribution in [2.75, 3.05) is 0 Å². The Bertz CT molecular complexity index is 177. The molecule has 24 heavy (non-hydrogen) atoms. The molecular formula is C8H19B3F12K-3. The third kappa shape index (κ3) is 310. The zero-order valence-corrected chi connectivity index (χ0v) is 12.5. The van der Waals surface area contributed by atoms with E-state index in [4.69, 9.17) is 0 Å². The van der Waals surface area contributed by atoms with Crippen molar-refractivity contribution in [2.24, 2.45) is 0 Å². The van der Waals surface area contributed by atoms with Crippen molar-refractivity contribution < 1.29 is 51.8 Å². The van der Waals surface area contributed by atoms with Gasteiger partial charge in [0.25, 0.3) is 0 Å². The van der Waals surface area contributed by atoms with Gasteiger partial charge in [-0.15, -0.1) is 0 Å². The molecule has 0 aliphatic heterocycles. The summed E-state index contributed by atoms with van der Waals surface area (Å²) in [4.78, 5) is 0. The number of rotatable bonds is 5. The number of hydrogen-bond acceptors (Lipinski definition) is 0. The predicted molar refractivity (Wildman–Crippen MR) is 76.8 cm³/mol. The molecule has 0 fully saturated rings. The minimum absolute atomic E-state index is 0. The first kappa shape index (κ1) is 36.0. The van der Waals surface area contributed by atoms with Gasteiger partial charge < -0.3 is 51.8 Å². The summed E-state index contributed by atoms with van der Waals surface area (Å²) in [6.45, 7) is 4.51. The van der Waals surface area contributed by atoms with Crippen LogP contribution in [0.25, 0.3) is 0 Å². The van der Waals surface area contributed by atoms with Crippen LogP contribution < -0.4 is 0 Å². The van der Waals surface area contributed by atoms with E-state index in [0.29, 0.717) is 0 Å². The van der Waals surface area contributed by atoms with Crippen LogP contribution in [0.1, 0.15) is 52.4 Å². The van der Waals surface area contributed by atoms with Gasteiger partial charge >= 0.3 is 73.1 Å². The molecule has 0 N–H and O–H groups in total. The summed E-state index contributed by atoms with van der Waals surface area (Å²) in [6, 6.07) is 0. The Morgan fingerprint density at radius 2 is 0.542 bits per heavy atom. The van der Waals surface area contributed by atoms with Crippen LogP contribution in [-0.2, 0) is 0 Å². The van der Waals surface area contributed by atoms with Gasteiger partial charge in [-0.05, 0) is 0 Å². The third-order valence-corrected chi connectivity index (χ3v) is 1.46. The number of halogens is 12.